The summed E-state index contributed by atoms with van der Waals surface area (Å²) in [6, 6.07) is 17.3. The molecule has 0 saturated carbocycles. The van der Waals surface area contributed by atoms with E-state index in [1.54, 1.807) is 18.0 Å². The van der Waals surface area contributed by atoms with Crippen LogP contribution in [0.5, 0.6) is 0 Å². The van der Waals surface area contributed by atoms with Gasteiger partial charge in [0.15, 0.2) is 5.52 Å². The van der Waals surface area contributed by atoms with E-state index in [2.05, 4.69) is 20.3 Å². The Labute approximate surface area is 247 Å². The molecule has 0 radical (unpaired) electrons. The van der Waals surface area contributed by atoms with E-state index < -0.39 is 5.60 Å². The first-order chi connectivity index (χ1) is 20.3. The Morgan fingerprint density at radius 2 is 1.86 bits per heavy atom. The first kappa shape index (κ1) is 27.9. The third-order valence-electron chi connectivity index (χ3n) is 7.93. The zero-order valence-corrected chi connectivity index (χ0v) is 23.9. The van der Waals surface area contributed by atoms with Crippen LogP contribution in [-0.4, -0.2) is 54.4 Å². The molecule has 11 heteroatoms. The first-order valence-corrected chi connectivity index (χ1v) is 14.2. The van der Waals surface area contributed by atoms with Crippen LogP contribution in [0.4, 0.5) is 0 Å². The number of hydrogen-bond acceptors (Lipinski definition) is 7. The van der Waals surface area contributed by atoms with E-state index in [1.807, 2.05) is 54.6 Å². The molecule has 5 aromatic rings. The topological polar surface area (TPSA) is 118 Å². The molecule has 2 aromatic carbocycles. The summed E-state index contributed by atoms with van der Waals surface area (Å²) in [7, 11) is 1.78. The Morgan fingerprint density at radius 1 is 1.10 bits per heavy atom. The molecule has 3 aromatic heterocycles. The van der Waals surface area contributed by atoms with Crippen molar-refractivity contribution in [1.29, 1.82) is 0 Å². The van der Waals surface area contributed by atoms with E-state index in [0.29, 0.717) is 56.0 Å². The number of piperidine rings is 1. The Morgan fingerprint density at radius 3 is 2.55 bits per heavy atom. The van der Waals surface area contributed by atoms with Crippen LogP contribution in [0, 0.1) is 0 Å². The van der Waals surface area contributed by atoms with Gasteiger partial charge in [0.25, 0.3) is 5.56 Å². The number of aliphatic hydroxyl groups is 1. The van der Waals surface area contributed by atoms with E-state index in [1.165, 1.54) is 10.9 Å². The molecule has 1 aliphatic heterocycles. The van der Waals surface area contributed by atoms with Gasteiger partial charge in [0.1, 0.15) is 11.3 Å². The molecule has 0 bridgehead atoms. The van der Waals surface area contributed by atoms with Gasteiger partial charge in [0.2, 0.25) is 6.41 Å². The molecule has 0 unspecified atom stereocenters. The van der Waals surface area contributed by atoms with Gasteiger partial charge < -0.3 is 14.8 Å². The van der Waals surface area contributed by atoms with E-state index in [4.69, 9.17) is 16.0 Å². The van der Waals surface area contributed by atoms with E-state index >= 15 is 0 Å². The van der Waals surface area contributed by atoms with E-state index in [0.717, 1.165) is 33.7 Å². The van der Waals surface area contributed by atoms with Gasteiger partial charge in [-0.15, -0.1) is 0 Å². The molecule has 1 aliphatic rings. The molecule has 4 heterocycles. The third kappa shape index (κ3) is 5.61. The molecule has 0 spiro atoms. The predicted molar refractivity (Wildman–Crippen MR) is 160 cm³/mol. The molecule has 1 saturated heterocycles. The quantitative estimate of drug-likeness (QED) is 0.251. The van der Waals surface area contributed by atoms with Crippen molar-refractivity contribution in [2.24, 2.45) is 7.05 Å². The Bertz CT molecular complexity index is 1770. The van der Waals surface area contributed by atoms with Crippen LogP contribution in [0.2, 0.25) is 5.02 Å². The van der Waals surface area contributed by atoms with Gasteiger partial charge in [0, 0.05) is 49.4 Å². The number of amides is 1. The molecule has 0 aliphatic carbocycles. The molecule has 0 atom stereocenters. The highest BCUT2D eigenvalue weighted by Gasteiger charge is 2.33. The van der Waals surface area contributed by atoms with Crippen molar-refractivity contribution < 1.29 is 14.3 Å². The highest BCUT2D eigenvalue weighted by molar-refractivity contribution is 6.31. The highest BCUT2D eigenvalue weighted by Crippen LogP contribution is 2.30. The normalized spacial score (nSPS) is 15.2. The maximum absolute atomic E-state index is 13.4. The summed E-state index contributed by atoms with van der Waals surface area (Å²) in [5, 5.41) is 19.2. The smallest absolute Gasteiger partial charge is 0.281 e. The zero-order chi connectivity index (χ0) is 29.3. The number of carbonyl (C=O) groups excluding carboxylic acids is 1. The lowest BCUT2D eigenvalue weighted by atomic mass is 9.91. The first-order valence-electron chi connectivity index (χ1n) is 13.8. The molecule has 1 fully saturated rings. The molecule has 2 N–H and O–H groups in total. The number of furan rings is 1. The molecule has 1 amide bonds. The number of carbonyl (C=O) groups is 1. The average Bonchev–Trinajstić information content (AvgIpc) is 3.65. The fourth-order valence-corrected chi connectivity index (χ4v) is 5.83. The highest BCUT2D eigenvalue weighted by atomic mass is 35.5. The summed E-state index contributed by atoms with van der Waals surface area (Å²) < 4.78 is 8.59. The van der Waals surface area contributed by atoms with Crippen LogP contribution in [0.3, 0.4) is 0 Å². The zero-order valence-electron chi connectivity index (χ0n) is 23.2. The van der Waals surface area contributed by atoms with Gasteiger partial charge in [-0.05, 0) is 42.2 Å². The minimum absolute atomic E-state index is 0.144. The molecular formula is C31H31ClN6O4. The Hall–Kier alpha value is -4.25. The van der Waals surface area contributed by atoms with Crippen molar-refractivity contribution in [2.75, 3.05) is 13.1 Å². The van der Waals surface area contributed by atoms with Gasteiger partial charge in [-0.25, -0.2) is 4.98 Å². The second-order valence-electron chi connectivity index (χ2n) is 10.8. The summed E-state index contributed by atoms with van der Waals surface area (Å²) in [6.45, 7) is 2.59. The number of nitrogens with one attached hydrogen (secondary N) is 1. The number of likely N-dealkylation sites (tertiary alicyclic amines) is 1. The van der Waals surface area contributed by atoms with Crippen LogP contribution >= 0.6 is 11.6 Å². The number of aryl methyl sites for hydroxylation is 1. The molecule has 42 heavy (non-hydrogen) atoms. The summed E-state index contributed by atoms with van der Waals surface area (Å²) in [6.07, 6.45) is 4.83. The van der Waals surface area contributed by atoms with Crippen molar-refractivity contribution >= 4 is 29.0 Å². The predicted octanol–water partition coefficient (Wildman–Crippen LogP) is 3.98. The number of rotatable bonds is 9. The van der Waals surface area contributed by atoms with Crippen molar-refractivity contribution in [2.45, 2.75) is 38.1 Å². The third-order valence-corrected chi connectivity index (χ3v) is 8.28. The van der Waals surface area contributed by atoms with Gasteiger partial charge in [-0.2, -0.15) is 5.10 Å². The Kier molecular flexibility index (Phi) is 7.68. The summed E-state index contributed by atoms with van der Waals surface area (Å²) in [5.41, 5.74) is 3.94. The molecule has 10 nitrogen and oxygen atoms in total. The van der Waals surface area contributed by atoms with Crippen LogP contribution < -0.4 is 10.9 Å². The standard InChI is InChI=1S/C31H31ClN6O4/c1-36-29(22-6-4-21(5-7-22)16-33-20-39)27-28(35-36)30(40)38(19-34-27)18-31(41)10-12-37(13-11-31)17-24-9-8-23(15-25(24)32)26-3-2-14-42-26/h2-9,14-15,19-20,41H,10-13,16-18H2,1H3,(H,33,39). The maximum atomic E-state index is 13.4. The van der Waals surface area contributed by atoms with Crippen LogP contribution in [-0.2, 0) is 31.5 Å². The molecular weight excluding hydrogens is 556 g/mol. The average molecular weight is 587 g/mol. The van der Waals surface area contributed by atoms with Crippen molar-refractivity contribution in [3.8, 4) is 22.6 Å². The van der Waals surface area contributed by atoms with Gasteiger partial charge in [-0.3, -0.25) is 23.7 Å². The fourth-order valence-electron chi connectivity index (χ4n) is 5.59. The number of benzene rings is 2. The monoisotopic (exact) mass is 586 g/mol. The van der Waals surface area contributed by atoms with E-state index in [-0.39, 0.29) is 17.6 Å². The van der Waals surface area contributed by atoms with Crippen LogP contribution in [0.15, 0.2) is 76.4 Å². The van der Waals surface area contributed by atoms with Gasteiger partial charge in [-0.1, -0.05) is 48.0 Å². The lowest BCUT2D eigenvalue weighted by molar-refractivity contribution is -0.109. The second kappa shape index (κ2) is 11.6. The number of fused-ring (bicyclic) bond motifs is 1. The fraction of sp³-hybridized carbons (Fsp3) is 0.290. The van der Waals surface area contributed by atoms with Gasteiger partial charge in [0.05, 0.1) is 30.4 Å². The minimum atomic E-state index is -1.04. The summed E-state index contributed by atoms with van der Waals surface area (Å²) in [5.74, 6) is 0.773. The number of nitrogens with zero attached hydrogens (tertiary/aromatic N) is 5. The van der Waals surface area contributed by atoms with Crippen LogP contribution in [0.25, 0.3) is 33.6 Å². The number of halogens is 1. The lowest BCUT2D eigenvalue weighted by Gasteiger charge is -2.38. The lowest BCUT2D eigenvalue weighted by Crippen LogP contribution is -2.47. The SMILES string of the molecule is Cn1nc2c(=O)n(CC3(O)CCN(Cc4ccc(-c5ccco5)cc4Cl)CC3)cnc2c1-c1ccc(CNC=O)cc1. The number of aromatic nitrogens is 4. The largest absolute Gasteiger partial charge is 0.464 e. The van der Waals surface area contributed by atoms with Gasteiger partial charge >= 0.3 is 0 Å². The second-order valence-corrected chi connectivity index (χ2v) is 11.2. The van der Waals surface area contributed by atoms with Crippen LogP contribution in [0.1, 0.15) is 24.0 Å². The van der Waals surface area contributed by atoms with Crippen molar-refractivity contribution in [3.05, 3.63) is 93.7 Å². The Balaban J connectivity index is 1.13. The molecule has 6 rings (SSSR count). The maximum Gasteiger partial charge on any atom is 0.281 e. The van der Waals surface area contributed by atoms with Crippen molar-refractivity contribution in [3.63, 3.8) is 0 Å². The summed E-state index contributed by atoms with van der Waals surface area (Å²) >= 11 is 6.59. The molecule has 216 valence electrons. The van der Waals surface area contributed by atoms with E-state index in [9.17, 15) is 14.7 Å². The minimum Gasteiger partial charge on any atom is -0.464 e. The van der Waals surface area contributed by atoms with Crippen molar-refractivity contribution in [1.82, 2.24) is 29.5 Å². The number of hydrogen-bond donors (Lipinski definition) is 2. The summed E-state index contributed by atoms with van der Waals surface area (Å²) in [4.78, 5) is 30.9.